The van der Waals surface area contributed by atoms with E-state index in [0.29, 0.717) is 17.0 Å². The van der Waals surface area contributed by atoms with Crippen LogP contribution in [0.2, 0.25) is 0 Å². The maximum atomic E-state index is 12.2. The van der Waals surface area contributed by atoms with Crippen molar-refractivity contribution in [2.75, 3.05) is 19.8 Å². The quantitative estimate of drug-likeness (QED) is 0.828. The second-order valence-electron chi connectivity index (χ2n) is 4.75. The molecular weight excluding hydrogens is 313 g/mol. The zero-order chi connectivity index (χ0) is 16.9. The third-order valence-corrected chi connectivity index (χ3v) is 2.93. The van der Waals surface area contributed by atoms with E-state index < -0.39 is 18.7 Å². The van der Waals surface area contributed by atoms with Crippen LogP contribution in [-0.2, 0) is 4.74 Å². The van der Waals surface area contributed by atoms with E-state index in [1.54, 1.807) is 31.2 Å². The molecule has 1 amide bonds. The van der Waals surface area contributed by atoms with E-state index >= 15 is 0 Å². The molecule has 1 aromatic carbocycles. The summed E-state index contributed by atoms with van der Waals surface area (Å²) in [6.07, 6.45) is -4.38. The van der Waals surface area contributed by atoms with Crippen LogP contribution in [0, 0.1) is 6.92 Å². The maximum absolute atomic E-state index is 12.2. The van der Waals surface area contributed by atoms with Gasteiger partial charge in [-0.15, -0.1) is 0 Å². The molecule has 0 aliphatic rings. The van der Waals surface area contributed by atoms with Crippen LogP contribution in [0.1, 0.15) is 16.1 Å². The minimum Gasteiger partial charge on any atom is -0.370 e. The Morgan fingerprint density at radius 2 is 2.00 bits per heavy atom. The fourth-order valence-corrected chi connectivity index (χ4v) is 1.95. The number of hydrogen-bond donors (Lipinski definition) is 1. The third-order valence-electron chi connectivity index (χ3n) is 2.93. The number of aryl methyl sites for hydroxylation is 1. The van der Waals surface area contributed by atoms with Crippen molar-refractivity contribution in [3.63, 3.8) is 0 Å². The number of hydrogen-bond acceptors (Lipinski definition) is 4. The lowest BCUT2D eigenvalue weighted by Crippen LogP contribution is -2.29. The number of halogens is 3. The molecule has 0 radical (unpaired) electrons. The molecule has 1 N–H and O–H groups in total. The molecule has 124 valence electrons. The molecule has 0 saturated heterocycles. The minimum absolute atomic E-state index is 0.0479. The zero-order valence-electron chi connectivity index (χ0n) is 12.3. The average molecular weight is 328 g/mol. The summed E-state index contributed by atoms with van der Waals surface area (Å²) in [5.41, 5.74) is 1.35. The minimum atomic E-state index is -4.38. The van der Waals surface area contributed by atoms with Crippen LogP contribution in [0.5, 0.6) is 0 Å². The summed E-state index contributed by atoms with van der Waals surface area (Å²) < 4.78 is 45.3. The van der Waals surface area contributed by atoms with Gasteiger partial charge in [0.25, 0.3) is 5.91 Å². The van der Waals surface area contributed by atoms with Gasteiger partial charge in [0.1, 0.15) is 23.6 Å². The van der Waals surface area contributed by atoms with E-state index in [9.17, 15) is 18.0 Å². The summed E-state index contributed by atoms with van der Waals surface area (Å²) >= 11 is 0. The largest absolute Gasteiger partial charge is 0.411 e. The smallest absolute Gasteiger partial charge is 0.370 e. The maximum Gasteiger partial charge on any atom is 0.411 e. The predicted octanol–water partition coefficient (Wildman–Crippen LogP) is 2.96. The molecule has 1 heterocycles. The molecule has 0 fully saturated rings. The number of carbonyl (C=O) groups excluding carboxylic acids is 1. The lowest BCUT2D eigenvalue weighted by atomic mass is 10.1. The fourth-order valence-electron chi connectivity index (χ4n) is 1.95. The Morgan fingerprint density at radius 3 is 2.65 bits per heavy atom. The number of carbonyl (C=O) groups is 1. The molecule has 0 saturated carbocycles. The normalized spacial score (nSPS) is 11.5. The van der Waals surface area contributed by atoms with Gasteiger partial charge in [0.05, 0.1) is 6.61 Å². The second kappa shape index (κ2) is 7.28. The van der Waals surface area contributed by atoms with Gasteiger partial charge in [-0.05, 0) is 6.92 Å². The highest BCUT2D eigenvalue weighted by Crippen LogP contribution is 2.24. The summed E-state index contributed by atoms with van der Waals surface area (Å²) in [6.45, 7) is -0.0387. The molecule has 0 bridgehead atoms. The number of amides is 1. The number of ether oxygens (including phenoxy) is 1. The highest BCUT2D eigenvalue weighted by atomic mass is 19.4. The monoisotopic (exact) mass is 328 g/mol. The highest BCUT2D eigenvalue weighted by molar-refractivity contribution is 6.00. The van der Waals surface area contributed by atoms with E-state index in [1.807, 2.05) is 6.07 Å². The fraction of sp³-hybridized carbons (Fsp3) is 0.333. The first kappa shape index (κ1) is 17.0. The van der Waals surface area contributed by atoms with Crippen molar-refractivity contribution in [1.29, 1.82) is 0 Å². The standard InChI is InChI=1S/C15H15F3N2O3/c1-10-12(13(20-23-10)11-5-3-2-4-6-11)14(21)19-7-8-22-9-15(16,17)18/h2-6H,7-9H2,1H3,(H,19,21). The van der Waals surface area contributed by atoms with Crippen molar-refractivity contribution < 1.29 is 27.2 Å². The summed E-state index contributed by atoms with van der Waals surface area (Å²) in [4.78, 5) is 12.2. The van der Waals surface area contributed by atoms with Crippen molar-refractivity contribution in [1.82, 2.24) is 10.5 Å². The first-order valence-corrected chi connectivity index (χ1v) is 6.83. The predicted molar refractivity (Wildman–Crippen MR) is 75.9 cm³/mol. The third kappa shape index (κ3) is 4.82. The zero-order valence-corrected chi connectivity index (χ0v) is 12.3. The van der Waals surface area contributed by atoms with E-state index in [4.69, 9.17) is 4.52 Å². The molecule has 0 unspecified atom stereocenters. The first-order chi connectivity index (χ1) is 10.9. The molecule has 0 aliphatic heterocycles. The molecule has 2 aromatic rings. The molecule has 0 atom stereocenters. The van der Waals surface area contributed by atoms with Gasteiger partial charge in [0, 0.05) is 12.1 Å². The van der Waals surface area contributed by atoms with Crippen LogP contribution in [0.25, 0.3) is 11.3 Å². The topological polar surface area (TPSA) is 64.4 Å². The summed E-state index contributed by atoms with van der Waals surface area (Å²) in [5, 5.41) is 6.36. The van der Waals surface area contributed by atoms with Crippen LogP contribution in [0.15, 0.2) is 34.9 Å². The van der Waals surface area contributed by atoms with E-state index in [0.717, 1.165) is 0 Å². The molecule has 0 spiro atoms. The van der Waals surface area contributed by atoms with Crippen LogP contribution in [0.3, 0.4) is 0 Å². The van der Waals surface area contributed by atoms with Crippen LogP contribution < -0.4 is 5.32 Å². The van der Waals surface area contributed by atoms with E-state index in [-0.39, 0.29) is 18.7 Å². The van der Waals surface area contributed by atoms with Gasteiger partial charge in [-0.2, -0.15) is 13.2 Å². The average Bonchev–Trinajstić information content (AvgIpc) is 2.88. The number of benzene rings is 1. The van der Waals surface area contributed by atoms with Crippen molar-refractivity contribution in [3.05, 3.63) is 41.7 Å². The molecule has 23 heavy (non-hydrogen) atoms. The molecule has 1 aromatic heterocycles. The summed E-state index contributed by atoms with van der Waals surface area (Å²) in [5.74, 6) is -0.143. The van der Waals surface area contributed by atoms with Crippen molar-refractivity contribution >= 4 is 5.91 Å². The second-order valence-corrected chi connectivity index (χ2v) is 4.75. The van der Waals surface area contributed by atoms with Gasteiger partial charge >= 0.3 is 6.18 Å². The van der Waals surface area contributed by atoms with Crippen LogP contribution >= 0.6 is 0 Å². The SMILES string of the molecule is Cc1onc(-c2ccccc2)c1C(=O)NCCOCC(F)(F)F. The lowest BCUT2D eigenvalue weighted by Gasteiger charge is -2.08. The van der Waals surface area contributed by atoms with Gasteiger partial charge in [0.15, 0.2) is 0 Å². The summed E-state index contributed by atoms with van der Waals surface area (Å²) in [7, 11) is 0. The Morgan fingerprint density at radius 1 is 1.30 bits per heavy atom. The molecule has 0 aliphatic carbocycles. The Kier molecular flexibility index (Phi) is 5.38. The van der Waals surface area contributed by atoms with Crippen molar-refractivity contribution in [2.24, 2.45) is 0 Å². The Balaban J connectivity index is 1.97. The van der Waals surface area contributed by atoms with Crippen molar-refractivity contribution in [2.45, 2.75) is 13.1 Å². The highest BCUT2D eigenvalue weighted by Gasteiger charge is 2.27. The van der Waals surface area contributed by atoms with E-state index in [2.05, 4.69) is 15.2 Å². The molecular formula is C15H15F3N2O3. The van der Waals surface area contributed by atoms with Gasteiger partial charge in [-0.25, -0.2) is 0 Å². The first-order valence-electron chi connectivity index (χ1n) is 6.83. The Labute approximate surface area is 130 Å². The van der Waals surface area contributed by atoms with Gasteiger partial charge in [0.2, 0.25) is 0 Å². The Hall–Kier alpha value is -2.35. The van der Waals surface area contributed by atoms with Gasteiger partial charge in [-0.3, -0.25) is 4.79 Å². The molecule has 5 nitrogen and oxygen atoms in total. The number of rotatable bonds is 6. The van der Waals surface area contributed by atoms with E-state index in [1.165, 1.54) is 0 Å². The van der Waals surface area contributed by atoms with Crippen LogP contribution in [0.4, 0.5) is 13.2 Å². The van der Waals surface area contributed by atoms with Gasteiger partial charge < -0.3 is 14.6 Å². The number of aromatic nitrogens is 1. The Bertz CT molecular complexity index is 654. The summed E-state index contributed by atoms with van der Waals surface area (Å²) in [6, 6.07) is 8.98. The molecule has 8 heteroatoms. The van der Waals surface area contributed by atoms with Crippen LogP contribution in [-0.4, -0.2) is 37.0 Å². The lowest BCUT2D eigenvalue weighted by molar-refractivity contribution is -0.173. The number of alkyl halides is 3. The van der Waals surface area contributed by atoms with Gasteiger partial charge in [-0.1, -0.05) is 35.5 Å². The molecule has 2 rings (SSSR count). The number of nitrogens with one attached hydrogen (secondary N) is 1. The number of nitrogens with zero attached hydrogens (tertiary/aromatic N) is 1. The van der Waals surface area contributed by atoms with Crippen molar-refractivity contribution in [3.8, 4) is 11.3 Å².